The minimum absolute atomic E-state index is 0.360. The Balaban J connectivity index is 2.17. The molecular formula is C11H12ClNS2. The molecule has 0 spiro atoms. The third kappa shape index (κ3) is 2.52. The van der Waals surface area contributed by atoms with Gasteiger partial charge in [-0.1, -0.05) is 35.5 Å². The monoisotopic (exact) mass is 257 g/mol. The highest BCUT2D eigenvalue weighted by Gasteiger charge is 2.27. The lowest BCUT2D eigenvalue weighted by Crippen LogP contribution is -2.04. The van der Waals surface area contributed by atoms with Crippen LogP contribution in [0, 0.1) is 0 Å². The van der Waals surface area contributed by atoms with Crippen LogP contribution >= 0.6 is 35.1 Å². The molecule has 1 heterocycles. The van der Waals surface area contributed by atoms with Gasteiger partial charge in [0.25, 0.3) is 0 Å². The number of benzene rings is 1. The van der Waals surface area contributed by atoms with Crippen molar-refractivity contribution in [1.29, 1.82) is 0 Å². The number of hydrogen-bond acceptors (Lipinski definition) is 3. The zero-order valence-corrected chi connectivity index (χ0v) is 11.0. The Bertz CT molecular complexity index is 375. The van der Waals surface area contributed by atoms with Crippen molar-refractivity contribution >= 4 is 39.5 Å². The second-order valence-electron chi connectivity index (χ2n) is 3.43. The Morgan fingerprint density at radius 1 is 1.33 bits per heavy atom. The molecule has 0 unspecified atom stereocenters. The third-order valence-electron chi connectivity index (χ3n) is 2.35. The van der Waals surface area contributed by atoms with Gasteiger partial charge >= 0.3 is 0 Å². The minimum atomic E-state index is 0.360. The van der Waals surface area contributed by atoms with E-state index in [-0.39, 0.29) is 0 Å². The summed E-state index contributed by atoms with van der Waals surface area (Å²) in [5, 5.41) is 1.24. The smallest absolute Gasteiger partial charge is 0.125 e. The molecule has 0 bridgehead atoms. The Morgan fingerprint density at radius 2 is 2.00 bits per heavy atom. The molecule has 0 aliphatic carbocycles. The molecule has 80 valence electrons. The molecule has 15 heavy (non-hydrogen) atoms. The summed E-state index contributed by atoms with van der Waals surface area (Å²) in [4.78, 5) is 4.60. The molecule has 0 saturated carbocycles. The van der Waals surface area contributed by atoms with Crippen LogP contribution in [0.3, 0.4) is 0 Å². The topological polar surface area (TPSA) is 12.4 Å². The lowest BCUT2D eigenvalue weighted by molar-refractivity contribution is 0.741. The first-order chi connectivity index (χ1) is 7.20. The molecule has 0 radical (unpaired) electrons. The molecule has 2 atom stereocenters. The van der Waals surface area contributed by atoms with Crippen molar-refractivity contribution in [3.05, 3.63) is 34.9 Å². The van der Waals surface area contributed by atoms with E-state index < -0.39 is 0 Å². The maximum Gasteiger partial charge on any atom is 0.125 e. The summed E-state index contributed by atoms with van der Waals surface area (Å²) >= 11 is 9.44. The Labute approximate surface area is 104 Å². The number of hydrogen-bond donors (Lipinski definition) is 0. The van der Waals surface area contributed by atoms with Gasteiger partial charge in [0, 0.05) is 5.02 Å². The van der Waals surface area contributed by atoms with Crippen molar-refractivity contribution in [2.75, 3.05) is 6.26 Å². The second-order valence-corrected chi connectivity index (χ2v) is 6.05. The summed E-state index contributed by atoms with van der Waals surface area (Å²) in [7, 11) is 0. The maximum atomic E-state index is 5.87. The summed E-state index contributed by atoms with van der Waals surface area (Å²) in [6.45, 7) is 2.16. The molecular weight excluding hydrogens is 246 g/mol. The van der Waals surface area contributed by atoms with E-state index in [4.69, 9.17) is 11.6 Å². The van der Waals surface area contributed by atoms with Crippen LogP contribution in [0.15, 0.2) is 29.3 Å². The van der Waals surface area contributed by atoms with E-state index in [1.165, 1.54) is 9.94 Å². The van der Waals surface area contributed by atoms with Gasteiger partial charge in [0.2, 0.25) is 0 Å². The predicted octanol–water partition coefficient (Wildman–Crippen LogP) is 4.24. The minimum Gasteiger partial charge on any atom is -0.267 e. The van der Waals surface area contributed by atoms with Gasteiger partial charge in [-0.25, -0.2) is 0 Å². The highest BCUT2D eigenvalue weighted by Crippen LogP contribution is 2.42. The molecule has 0 N–H and O–H groups in total. The standard InChI is InChI=1S/C11H12ClNS2/c1-7-10(15-11(13-7)14-2)8-3-5-9(12)6-4-8/h3-7,10H,1-2H3/t7-,10+/m0/s1. The van der Waals surface area contributed by atoms with E-state index >= 15 is 0 Å². The van der Waals surface area contributed by atoms with Crippen LogP contribution < -0.4 is 0 Å². The molecule has 1 aliphatic heterocycles. The van der Waals surface area contributed by atoms with Gasteiger partial charge in [0.15, 0.2) is 0 Å². The predicted molar refractivity (Wildman–Crippen MR) is 72.2 cm³/mol. The molecule has 0 aromatic heterocycles. The van der Waals surface area contributed by atoms with Crippen LogP contribution in [0.5, 0.6) is 0 Å². The zero-order valence-electron chi connectivity index (χ0n) is 8.61. The van der Waals surface area contributed by atoms with Crippen molar-refractivity contribution in [2.24, 2.45) is 4.99 Å². The van der Waals surface area contributed by atoms with E-state index in [2.05, 4.69) is 30.3 Å². The number of halogens is 1. The van der Waals surface area contributed by atoms with Crippen LogP contribution in [0.1, 0.15) is 17.7 Å². The van der Waals surface area contributed by atoms with E-state index in [1.807, 2.05) is 23.9 Å². The molecule has 0 amide bonds. The van der Waals surface area contributed by atoms with Gasteiger partial charge in [0.05, 0.1) is 11.3 Å². The quantitative estimate of drug-likeness (QED) is 0.746. The zero-order chi connectivity index (χ0) is 10.8. The first kappa shape index (κ1) is 11.4. The number of nitrogens with zero attached hydrogens (tertiary/aromatic N) is 1. The lowest BCUT2D eigenvalue weighted by atomic mass is 10.1. The molecule has 0 saturated heterocycles. The van der Waals surface area contributed by atoms with Gasteiger partial charge in [-0.05, 0) is 30.9 Å². The summed E-state index contributed by atoms with van der Waals surface area (Å²) in [6.07, 6.45) is 2.07. The number of rotatable bonds is 1. The molecule has 1 aromatic rings. The molecule has 1 aliphatic rings. The lowest BCUT2D eigenvalue weighted by Gasteiger charge is -2.13. The molecule has 0 fully saturated rings. The Kier molecular flexibility index (Phi) is 3.65. The largest absolute Gasteiger partial charge is 0.267 e. The summed E-state index contributed by atoms with van der Waals surface area (Å²) in [5.74, 6) is 0. The molecule has 2 rings (SSSR count). The van der Waals surface area contributed by atoms with E-state index in [0.29, 0.717) is 11.3 Å². The van der Waals surface area contributed by atoms with E-state index in [1.54, 1.807) is 11.8 Å². The maximum absolute atomic E-state index is 5.87. The van der Waals surface area contributed by atoms with Crippen LogP contribution in [-0.4, -0.2) is 16.7 Å². The first-order valence-electron chi connectivity index (χ1n) is 4.74. The van der Waals surface area contributed by atoms with Crippen molar-refractivity contribution in [3.63, 3.8) is 0 Å². The highest BCUT2D eigenvalue weighted by molar-refractivity contribution is 8.38. The highest BCUT2D eigenvalue weighted by atomic mass is 35.5. The van der Waals surface area contributed by atoms with Crippen LogP contribution in [-0.2, 0) is 0 Å². The number of aliphatic imine (C=N–C) groups is 1. The summed E-state index contributed by atoms with van der Waals surface area (Å²) in [6, 6.07) is 8.44. The van der Waals surface area contributed by atoms with Crippen LogP contribution in [0.25, 0.3) is 0 Å². The Morgan fingerprint density at radius 3 is 2.53 bits per heavy atom. The SMILES string of the molecule is CSC1=N[C@@H](C)[C@H](c2ccc(Cl)cc2)S1. The average Bonchev–Trinajstić information content (AvgIpc) is 2.61. The molecule has 1 aromatic carbocycles. The molecule has 4 heteroatoms. The Hall–Kier alpha value is -0.120. The van der Waals surface area contributed by atoms with E-state index in [9.17, 15) is 0 Å². The van der Waals surface area contributed by atoms with Crippen LogP contribution in [0.4, 0.5) is 0 Å². The second kappa shape index (κ2) is 4.81. The first-order valence-corrected chi connectivity index (χ1v) is 7.23. The summed E-state index contributed by atoms with van der Waals surface area (Å²) < 4.78 is 1.18. The van der Waals surface area contributed by atoms with Gasteiger partial charge in [0.1, 0.15) is 4.38 Å². The normalized spacial score (nSPS) is 25.4. The fourth-order valence-corrected chi connectivity index (χ4v) is 3.66. The fourth-order valence-electron chi connectivity index (χ4n) is 1.57. The summed E-state index contributed by atoms with van der Waals surface area (Å²) in [5.41, 5.74) is 1.31. The van der Waals surface area contributed by atoms with E-state index in [0.717, 1.165) is 5.02 Å². The fraction of sp³-hybridized carbons (Fsp3) is 0.364. The van der Waals surface area contributed by atoms with Gasteiger partial charge in [-0.2, -0.15) is 0 Å². The van der Waals surface area contributed by atoms with Gasteiger partial charge in [-0.15, -0.1) is 11.8 Å². The van der Waals surface area contributed by atoms with Gasteiger partial charge < -0.3 is 0 Å². The van der Waals surface area contributed by atoms with Gasteiger partial charge in [-0.3, -0.25) is 4.99 Å². The third-order valence-corrected chi connectivity index (χ3v) is 5.07. The van der Waals surface area contributed by atoms with Crippen molar-refractivity contribution < 1.29 is 0 Å². The van der Waals surface area contributed by atoms with Crippen molar-refractivity contribution in [2.45, 2.75) is 18.2 Å². The van der Waals surface area contributed by atoms with Crippen molar-refractivity contribution in [1.82, 2.24) is 0 Å². The average molecular weight is 258 g/mol. The molecule has 1 nitrogen and oxygen atoms in total. The van der Waals surface area contributed by atoms with Crippen LogP contribution in [0.2, 0.25) is 5.02 Å². The van der Waals surface area contributed by atoms with Crippen molar-refractivity contribution in [3.8, 4) is 0 Å². The number of thioether (sulfide) groups is 2.